The molecule has 2 aromatic heterocycles. The molecule has 0 saturated carbocycles. The van der Waals surface area contributed by atoms with Gasteiger partial charge in [0.15, 0.2) is 0 Å². The minimum Gasteiger partial charge on any atom is -0.358 e. The molecule has 0 fully saturated rings. The first-order chi connectivity index (χ1) is 11.2. The van der Waals surface area contributed by atoms with E-state index in [4.69, 9.17) is 0 Å². The van der Waals surface area contributed by atoms with Crippen LogP contribution in [0.5, 0.6) is 0 Å². The fraction of sp³-hybridized carbons (Fsp3) is 0.0526. The standard InChI is InChI=1S/C19H15N3O/c1-12-18(14-9-5-6-10-16(14)20-12)15-11-17(21-22-19(15)23)13-7-3-2-4-8-13/h2-11,20H,1H3,(H,22,23). The fourth-order valence-corrected chi connectivity index (χ4v) is 2.97. The van der Waals surface area contributed by atoms with Crippen LogP contribution in [0.2, 0.25) is 0 Å². The molecule has 4 heteroatoms. The number of H-pyrrole nitrogens is 2. The zero-order chi connectivity index (χ0) is 15.8. The molecule has 0 saturated heterocycles. The van der Waals surface area contributed by atoms with E-state index >= 15 is 0 Å². The number of para-hydroxylation sites is 1. The van der Waals surface area contributed by atoms with Gasteiger partial charge < -0.3 is 4.98 Å². The molecule has 0 bridgehead atoms. The van der Waals surface area contributed by atoms with Crippen molar-refractivity contribution in [3.63, 3.8) is 0 Å². The Labute approximate surface area is 132 Å². The van der Waals surface area contributed by atoms with Crippen LogP contribution >= 0.6 is 0 Å². The molecule has 0 aliphatic heterocycles. The molecule has 0 aliphatic carbocycles. The highest BCUT2D eigenvalue weighted by atomic mass is 16.1. The third-order valence-corrected chi connectivity index (χ3v) is 4.04. The minimum atomic E-state index is -0.183. The van der Waals surface area contributed by atoms with E-state index in [9.17, 15) is 4.79 Å². The summed E-state index contributed by atoms with van der Waals surface area (Å²) < 4.78 is 0. The lowest BCUT2D eigenvalue weighted by Gasteiger charge is -2.05. The van der Waals surface area contributed by atoms with E-state index in [-0.39, 0.29) is 5.56 Å². The maximum absolute atomic E-state index is 12.4. The lowest BCUT2D eigenvalue weighted by Crippen LogP contribution is -2.11. The van der Waals surface area contributed by atoms with E-state index in [0.717, 1.165) is 33.4 Å². The topological polar surface area (TPSA) is 61.5 Å². The van der Waals surface area contributed by atoms with E-state index in [1.165, 1.54) is 0 Å². The van der Waals surface area contributed by atoms with Gasteiger partial charge in [-0.15, -0.1) is 0 Å². The van der Waals surface area contributed by atoms with Gasteiger partial charge in [-0.25, -0.2) is 5.10 Å². The zero-order valence-corrected chi connectivity index (χ0v) is 12.6. The predicted octanol–water partition coefficient (Wildman–Crippen LogP) is 3.89. The second kappa shape index (κ2) is 5.25. The van der Waals surface area contributed by atoms with Gasteiger partial charge in [0.25, 0.3) is 5.56 Å². The number of rotatable bonds is 2. The Hall–Kier alpha value is -3.14. The number of aromatic amines is 2. The largest absolute Gasteiger partial charge is 0.358 e. The van der Waals surface area contributed by atoms with Gasteiger partial charge in [0.2, 0.25) is 0 Å². The van der Waals surface area contributed by atoms with Crippen LogP contribution in [0.4, 0.5) is 0 Å². The van der Waals surface area contributed by atoms with Crippen LogP contribution in [0.3, 0.4) is 0 Å². The summed E-state index contributed by atoms with van der Waals surface area (Å²) in [7, 11) is 0. The van der Waals surface area contributed by atoms with Crippen LogP contribution in [0.15, 0.2) is 65.5 Å². The van der Waals surface area contributed by atoms with Crippen molar-refractivity contribution in [2.45, 2.75) is 6.92 Å². The number of benzene rings is 2. The van der Waals surface area contributed by atoms with E-state index in [0.29, 0.717) is 5.56 Å². The molecule has 0 amide bonds. The van der Waals surface area contributed by atoms with Gasteiger partial charge in [-0.05, 0) is 19.1 Å². The number of nitrogens with zero attached hydrogens (tertiary/aromatic N) is 1. The van der Waals surface area contributed by atoms with Gasteiger partial charge in [0, 0.05) is 27.7 Å². The summed E-state index contributed by atoms with van der Waals surface area (Å²) in [6.45, 7) is 1.98. The highest BCUT2D eigenvalue weighted by Gasteiger charge is 2.15. The Bertz CT molecular complexity index is 1050. The van der Waals surface area contributed by atoms with Crippen LogP contribution in [0, 0.1) is 6.92 Å². The molecule has 112 valence electrons. The Kier molecular flexibility index (Phi) is 3.08. The molecule has 4 aromatic rings. The number of aromatic nitrogens is 3. The van der Waals surface area contributed by atoms with Crippen LogP contribution in [0.1, 0.15) is 5.69 Å². The molecule has 4 nitrogen and oxygen atoms in total. The number of hydrogen-bond donors (Lipinski definition) is 2. The summed E-state index contributed by atoms with van der Waals surface area (Å²) in [6.07, 6.45) is 0. The maximum atomic E-state index is 12.4. The Balaban J connectivity index is 1.98. The van der Waals surface area contributed by atoms with Crippen molar-refractivity contribution >= 4 is 10.9 Å². The fourth-order valence-electron chi connectivity index (χ4n) is 2.97. The van der Waals surface area contributed by atoms with Crippen molar-refractivity contribution < 1.29 is 0 Å². The van der Waals surface area contributed by atoms with Crippen LogP contribution in [-0.2, 0) is 0 Å². The lowest BCUT2D eigenvalue weighted by molar-refractivity contribution is 0.998. The third kappa shape index (κ3) is 2.25. The Morgan fingerprint density at radius 3 is 2.52 bits per heavy atom. The van der Waals surface area contributed by atoms with Crippen molar-refractivity contribution in [2.75, 3.05) is 0 Å². The highest BCUT2D eigenvalue weighted by Crippen LogP contribution is 2.31. The maximum Gasteiger partial charge on any atom is 0.272 e. The average Bonchev–Trinajstić information content (AvgIpc) is 2.92. The monoisotopic (exact) mass is 301 g/mol. The SMILES string of the molecule is Cc1[nH]c2ccccc2c1-c1cc(-c2ccccc2)n[nH]c1=O. The first-order valence-electron chi connectivity index (χ1n) is 7.47. The number of aryl methyl sites for hydroxylation is 1. The Morgan fingerprint density at radius 2 is 1.70 bits per heavy atom. The quantitative estimate of drug-likeness (QED) is 0.590. The normalized spacial score (nSPS) is 11.0. The number of hydrogen-bond acceptors (Lipinski definition) is 2. The molecule has 23 heavy (non-hydrogen) atoms. The molecule has 4 rings (SSSR count). The summed E-state index contributed by atoms with van der Waals surface area (Å²) in [5, 5.41) is 7.85. The van der Waals surface area contributed by atoms with Crippen LogP contribution < -0.4 is 5.56 Å². The smallest absolute Gasteiger partial charge is 0.272 e. The molecule has 0 aliphatic rings. The lowest BCUT2D eigenvalue weighted by atomic mass is 10.0. The third-order valence-electron chi connectivity index (χ3n) is 4.04. The molecule has 0 atom stereocenters. The van der Waals surface area contributed by atoms with E-state index < -0.39 is 0 Å². The Morgan fingerprint density at radius 1 is 0.957 bits per heavy atom. The molecular formula is C19H15N3O. The van der Waals surface area contributed by atoms with Gasteiger partial charge in [0.05, 0.1) is 11.3 Å². The van der Waals surface area contributed by atoms with Crippen molar-refractivity contribution in [3.8, 4) is 22.4 Å². The minimum absolute atomic E-state index is 0.183. The van der Waals surface area contributed by atoms with Gasteiger partial charge in [-0.3, -0.25) is 4.79 Å². The molecule has 2 heterocycles. The summed E-state index contributed by atoms with van der Waals surface area (Å²) >= 11 is 0. The highest BCUT2D eigenvalue weighted by molar-refractivity contribution is 5.97. The van der Waals surface area contributed by atoms with Crippen LogP contribution in [0.25, 0.3) is 33.3 Å². The van der Waals surface area contributed by atoms with Gasteiger partial charge in [-0.1, -0.05) is 48.5 Å². The molecule has 2 N–H and O–H groups in total. The summed E-state index contributed by atoms with van der Waals surface area (Å²) in [5.41, 5.74) is 5.11. The molecule has 0 radical (unpaired) electrons. The van der Waals surface area contributed by atoms with Crippen molar-refractivity contribution in [2.24, 2.45) is 0 Å². The van der Waals surface area contributed by atoms with Crippen molar-refractivity contribution in [1.82, 2.24) is 15.2 Å². The van der Waals surface area contributed by atoms with Crippen molar-refractivity contribution in [1.29, 1.82) is 0 Å². The van der Waals surface area contributed by atoms with E-state index in [2.05, 4.69) is 15.2 Å². The second-order valence-corrected chi connectivity index (χ2v) is 5.53. The first kappa shape index (κ1) is 13.5. The number of nitrogens with one attached hydrogen (secondary N) is 2. The second-order valence-electron chi connectivity index (χ2n) is 5.53. The van der Waals surface area contributed by atoms with Gasteiger partial charge in [0.1, 0.15) is 0 Å². The van der Waals surface area contributed by atoms with Gasteiger partial charge in [-0.2, -0.15) is 5.10 Å². The van der Waals surface area contributed by atoms with Crippen LogP contribution in [-0.4, -0.2) is 15.2 Å². The summed E-state index contributed by atoms with van der Waals surface area (Å²) in [4.78, 5) is 15.7. The van der Waals surface area contributed by atoms with Crippen molar-refractivity contribution in [3.05, 3.63) is 76.7 Å². The first-order valence-corrected chi connectivity index (χ1v) is 7.47. The average molecular weight is 301 g/mol. The number of fused-ring (bicyclic) bond motifs is 1. The molecule has 0 spiro atoms. The summed E-state index contributed by atoms with van der Waals surface area (Å²) in [5.74, 6) is 0. The predicted molar refractivity (Wildman–Crippen MR) is 92.3 cm³/mol. The van der Waals surface area contributed by atoms with E-state index in [1.807, 2.05) is 67.6 Å². The molecule has 0 unspecified atom stereocenters. The molecular weight excluding hydrogens is 286 g/mol. The van der Waals surface area contributed by atoms with E-state index in [1.54, 1.807) is 0 Å². The molecule has 2 aromatic carbocycles. The van der Waals surface area contributed by atoms with Gasteiger partial charge >= 0.3 is 0 Å². The summed E-state index contributed by atoms with van der Waals surface area (Å²) in [6, 6.07) is 19.7. The zero-order valence-electron chi connectivity index (χ0n) is 12.6.